The molecule has 0 saturated carbocycles. The molecule has 1 fully saturated rings. The van der Waals surface area contributed by atoms with E-state index in [2.05, 4.69) is 4.98 Å². The second-order valence-corrected chi connectivity index (χ2v) is 6.84. The minimum absolute atomic E-state index is 0.00706. The molecule has 138 valence electrons. The van der Waals surface area contributed by atoms with Crippen LogP contribution in [0.2, 0.25) is 0 Å². The molecule has 1 amide bonds. The lowest BCUT2D eigenvalue weighted by Gasteiger charge is -2.35. The van der Waals surface area contributed by atoms with Crippen molar-refractivity contribution in [1.29, 1.82) is 0 Å². The Kier molecular flexibility index (Phi) is 6.10. The molecule has 0 unspecified atom stereocenters. The lowest BCUT2D eigenvalue weighted by Crippen LogP contribution is -2.38. The van der Waals surface area contributed by atoms with Crippen LogP contribution >= 0.6 is 0 Å². The zero-order chi connectivity index (χ0) is 18.4. The smallest absolute Gasteiger partial charge is 0.410 e. The van der Waals surface area contributed by atoms with Gasteiger partial charge in [0.25, 0.3) is 0 Å². The first kappa shape index (κ1) is 18.2. The standard InChI is InChI=1S/C21H26N2O3/c1-16(2)26-20-12-11-18(14-22-20)19-10-6-7-13-23(19)21(24)25-15-17-8-4-3-5-9-17/h3-5,8-9,11-12,14,16,19H,6-7,10,13,15H2,1-2H3/t19-/m0/s1. The third-order valence-electron chi connectivity index (χ3n) is 4.44. The number of carbonyl (C=O) groups excluding carboxylic acids is 1. The average Bonchev–Trinajstić information content (AvgIpc) is 2.67. The summed E-state index contributed by atoms with van der Waals surface area (Å²) >= 11 is 0. The van der Waals surface area contributed by atoms with Gasteiger partial charge in [0, 0.05) is 18.8 Å². The van der Waals surface area contributed by atoms with E-state index in [9.17, 15) is 4.79 Å². The summed E-state index contributed by atoms with van der Waals surface area (Å²) in [6, 6.07) is 13.6. The Morgan fingerprint density at radius 2 is 2.00 bits per heavy atom. The highest BCUT2D eigenvalue weighted by Gasteiger charge is 2.29. The van der Waals surface area contributed by atoms with Crippen LogP contribution in [0, 0.1) is 0 Å². The molecule has 0 radical (unpaired) electrons. The Labute approximate surface area is 155 Å². The van der Waals surface area contributed by atoms with Gasteiger partial charge < -0.3 is 14.4 Å². The molecular weight excluding hydrogens is 328 g/mol. The van der Waals surface area contributed by atoms with E-state index in [1.165, 1.54) is 0 Å². The van der Waals surface area contributed by atoms with Crippen molar-refractivity contribution in [2.45, 2.75) is 51.9 Å². The van der Waals surface area contributed by atoms with Crippen molar-refractivity contribution in [2.75, 3.05) is 6.54 Å². The number of carbonyl (C=O) groups is 1. The third kappa shape index (κ3) is 4.75. The van der Waals surface area contributed by atoms with E-state index < -0.39 is 0 Å². The van der Waals surface area contributed by atoms with Crippen LogP contribution in [0.3, 0.4) is 0 Å². The van der Waals surface area contributed by atoms with Gasteiger partial charge >= 0.3 is 6.09 Å². The minimum atomic E-state index is -0.263. The normalized spacial score (nSPS) is 17.2. The number of amides is 1. The van der Waals surface area contributed by atoms with Crippen molar-refractivity contribution in [2.24, 2.45) is 0 Å². The minimum Gasteiger partial charge on any atom is -0.475 e. The van der Waals surface area contributed by atoms with E-state index in [1.54, 1.807) is 0 Å². The van der Waals surface area contributed by atoms with Gasteiger partial charge in [0.15, 0.2) is 0 Å². The van der Waals surface area contributed by atoms with Crippen LogP contribution in [0.1, 0.15) is 50.3 Å². The third-order valence-corrected chi connectivity index (χ3v) is 4.44. The summed E-state index contributed by atoms with van der Waals surface area (Å²) in [7, 11) is 0. The number of hydrogen-bond donors (Lipinski definition) is 0. The predicted molar refractivity (Wildman–Crippen MR) is 99.9 cm³/mol. The summed E-state index contributed by atoms with van der Waals surface area (Å²) < 4.78 is 11.1. The molecular formula is C21H26N2O3. The number of benzene rings is 1. The van der Waals surface area contributed by atoms with Crippen LogP contribution in [0.4, 0.5) is 4.79 Å². The fourth-order valence-electron chi connectivity index (χ4n) is 3.20. The summed E-state index contributed by atoms with van der Waals surface area (Å²) in [4.78, 5) is 18.8. The van der Waals surface area contributed by atoms with Crippen molar-refractivity contribution in [3.05, 3.63) is 59.8 Å². The van der Waals surface area contributed by atoms with Gasteiger partial charge in [-0.3, -0.25) is 0 Å². The molecule has 0 bridgehead atoms. The molecule has 2 aromatic rings. The first-order valence-corrected chi connectivity index (χ1v) is 9.23. The maximum absolute atomic E-state index is 12.6. The highest BCUT2D eigenvalue weighted by molar-refractivity contribution is 5.68. The van der Waals surface area contributed by atoms with Crippen molar-refractivity contribution < 1.29 is 14.3 Å². The molecule has 26 heavy (non-hydrogen) atoms. The van der Waals surface area contributed by atoms with Gasteiger partial charge in [-0.15, -0.1) is 0 Å². The Morgan fingerprint density at radius 3 is 2.69 bits per heavy atom. The largest absolute Gasteiger partial charge is 0.475 e. The molecule has 0 N–H and O–H groups in total. The number of hydrogen-bond acceptors (Lipinski definition) is 4. The molecule has 2 heterocycles. The number of likely N-dealkylation sites (tertiary alicyclic amines) is 1. The summed E-state index contributed by atoms with van der Waals surface area (Å²) in [5.41, 5.74) is 2.02. The fourth-order valence-corrected chi connectivity index (χ4v) is 3.20. The summed E-state index contributed by atoms with van der Waals surface area (Å²) in [6.45, 7) is 4.95. The molecule has 1 saturated heterocycles. The van der Waals surface area contributed by atoms with Crippen molar-refractivity contribution in [1.82, 2.24) is 9.88 Å². The molecule has 3 rings (SSSR count). The van der Waals surface area contributed by atoms with Crippen LogP contribution < -0.4 is 4.74 Å². The van der Waals surface area contributed by atoms with Gasteiger partial charge in [0.05, 0.1) is 12.1 Å². The second-order valence-electron chi connectivity index (χ2n) is 6.84. The Morgan fingerprint density at radius 1 is 1.19 bits per heavy atom. The lowest BCUT2D eigenvalue weighted by atomic mass is 9.97. The van der Waals surface area contributed by atoms with Gasteiger partial charge in [-0.05, 0) is 44.2 Å². The van der Waals surface area contributed by atoms with E-state index in [-0.39, 0.29) is 18.2 Å². The van der Waals surface area contributed by atoms with Gasteiger partial charge in [-0.2, -0.15) is 0 Å². The number of piperidine rings is 1. The van der Waals surface area contributed by atoms with Crippen LogP contribution in [0.25, 0.3) is 0 Å². The highest BCUT2D eigenvalue weighted by Crippen LogP contribution is 2.31. The van der Waals surface area contributed by atoms with Crippen LogP contribution in [0.5, 0.6) is 5.88 Å². The van der Waals surface area contributed by atoms with Gasteiger partial charge in [0.1, 0.15) is 6.61 Å². The predicted octanol–water partition coefficient (Wildman–Crippen LogP) is 4.73. The topological polar surface area (TPSA) is 51.7 Å². The Bertz CT molecular complexity index is 701. The molecule has 0 aliphatic carbocycles. The first-order chi connectivity index (χ1) is 12.6. The summed E-state index contributed by atoms with van der Waals surface area (Å²) in [6.07, 6.45) is 4.65. The summed E-state index contributed by atoms with van der Waals surface area (Å²) in [5, 5.41) is 0. The van der Waals surface area contributed by atoms with Crippen LogP contribution in [0.15, 0.2) is 48.7 Å². The van der Waals surface area contributed by atoms with Crippen molar-refractivity contribution in [3.8, 4) is 5.88 Å². The van der Waals surface area contributed by atoms with Crippen molar-refractivity contribution in [3.63, 3.8) is 0 Å². The lowest BCUT2D eigenvalue weighted by molar-refractivity contribution is 0.0678. The van der Waals surface area contributed by atoms with Gasteiger partial charge in [0.2, 0.25) is 5.88 Å². The van der Waals surface area contributed by atoms with E-state index in [4.69, 9.17) is 9.47 Å². The number of ether oxygens (including phenoxy) is 2. The molecule has 1 aromatic carbocycles. The van der Waals surface area contributed by atoms with Gasteiger partial charge in [-0.25, -0.2) is 9.78 Å². The molecule has 5 heteroatoms. The maximum atomic E-state index is 12.6. The Hall–Kier alpha value is -2.56. The zero-order valence-corrected chi connectivity index (χ0v) is 15.4. The SMILES string of the molecule is CC(C)Oc1ccc([C@@H]2CCCCN2C(=O)OCc2ccccc2)cn1. The van der Waals surface area contributed by atoms with E-state index >= 15 is 0 Å². The van der Waals surface area contributed by atoms with Crippen LogP contribution in [-0.4, -0.2) is 28.6 Å². The molecule has 5 nitrogen and oxygen atoms in total. The molecule has 1 atom stereocenters. The number of pyridine rings is 1. The Balaban J connectivity index is 1.66. The van der Waals surface area contributed by atoms with Gasteiger partial charge in [-0.1, -0.05) is 36.4 Å². The molecule has 0 spiro atoms. The van der Waals surface area contributed by atoms with Crippen molar-refractivity contribution >= 4 is 6.09 Å². The van der Waals surface area contributed by atoms with E-state index in [0.29, 0.717) is 19.0 Å². The molecule has 1 aromatic heterocycles. The quantitative estimate of drug-likeness (QED) is 0.779. The number of aromatic nitrogens is 1. The second kappa shape index (κ2) is 8.70. The average molecular weight is 354 g/mol. The molecule has 1 aliphatic heterocycles. The monoisotopic (exact) mass is 354 g/mol. The first-order valence-electron chi connectivity index (χ1n) is 9.23. The summed E-state index contributed by atoms with van der Waals surface area (Å²) in [5.74, 6) is 0.609. The van der Waals surface area contributed by atoms with E-state index in [1.807, 2.05) is 67.4 Å². The zero-order valence-electron chi connectivity index (χ0n) is 15.4. The van der Waals surface area contributed by atoms with Crippen LogP contribution in [-0.2, 0) is 11.3 Å². The molecule has 1 aliphatic rings. The number of nitrogens with zero attached hydrogens (tertiary/aromatic N) is 2. The maximum Gasteiger partial charge on any atom is 0.410 e. The fraction of sp³-hybridized carbons (Fsp3) is 0.429. The number of rotatable bonds is 5. The highest BCUT2D eigenvalue weighted by atomic mass is 16.6. The van der Waals surface area contributed by atoms with E-state index in [0.717, 1.165) is 30.4 Å².